The van der Waals surface area contributed by atoms with Crippen molar-refractivity contribution in [3.05, 3.63) is 0 Å². The number of primary amides is 1. The molecule has 0 saturated carbocycles. The van der Waals surface area contributed by atoms with Gasteiger partial charge < -0.3 is 0 Å². The van der Waals surface area contributed by atoms with E-state index in [1.54, 1.807) is 0 Å². The molecule has 0 heterocycles. The van der Waals surface area contributed by atoms with Crippen LogP contribution in [0.4, 0.5) is 4.79 Å². The Hall–Kier alpha value is -0.330. The van der Waals surface area contributed by atoms with Crippen LogP contribution in [-0.4, -0.2) is 21.3 Å². The molecule has 0 aromatic heterocycles. The van der Waals surface area contributed by atoms with Crippen LogP contribution in [0.5, 0.6) is 0 Å². The van der Waals surface area contributed by atoms with Crippen LogP contribution in [0.15, 0.2) is 0 Å². The van der Waals surface area contributed by atoms with Crippen LogP contribution in [0.2, 0.25) is 0 Å². The summed E-state index contributed by atoms with van der Waals surface area (Å²) in [6, 6.07) is -0.638. The second-order valence-corrected chi connectivity index (χ2v) is 3.54. The second-order valence-electron chi connectivity index (χ2n) is 1.26. The number of nitrogens with one attached hydrogen (secondary N) is 1. The maximum atomic E-state index is 10.5. The Morgan fingerprint density at radius 1 is 1.67 bits per heavy atom. The fraction of sp³-hybridized carbons (Fsp3) is 0.500. The molecule has 54 valence electrons. The first kappa shape index (κ1) is 8.67. The molecule has 5 heteroatoms. The molecular formula is C4H8IN2O2-. The number of hydrogen-bond donors (Lipinski definition) is 2. The zero-order valence-electron chi connectivity index (χ0n) is 4.98. The van der Waals surface area contributed by atoms with E-state index >= 15 is 0 Å². The Kier molecular flexibility index (Phi) is 4.37. The van der Waals surface area contributed by atoms with Gasteiger partial charge in [0.1, 0.15) is 0 Å². The molecule has 4 nitrogen and oxygen atoms in total. The van der Waals surface area contributed by atoms with E-state index in [1.807, 2.05) is 4.93 Å². The number of urea groups is 1. The molecule has 0 fully saturated rings. The minimum atomic E-state index is -0.638. The summed E-state index contributed by atoms with van der Waals surface area (Å²) in [7, 11) is 0. The molecule has 0 aliphatic carbocycles. The molecule has 0 radical (unpaired) electrons. The van der Waals surface area contributed by atoms with Gasteiger partial charge in [-0.05, 0) is 0 Å². The van der Waals surface area contributed by atoms with Gasteiger partial charge in [-0.2, -0.15) is 0 Å². The van der Waals surface area contributed by atoms with Crippen LogP contribution in [0, 0.1) is 0 Å². The Morgan fingerprint density at radius 3 is 2.56 bits per heavy atom. The monoisotopic (exact) mass is 243 g/mol. The molecule has 0 aromatic carbocycles. The van der Waals surface area contributed by atoms with Gasteiger partial charge in [-0.15, -0.1) is 0 Å². The third-order valence-electron chi connectivity index (χ3n) is 0.612. The normalized spacial score (nSPS) is 9.00. The average molecular weight is 243 g/mol. The van der Waals surface area contributed by atoms with Crippen LogP contribution in [0.25, 0.3) is 0 Å². The van der Waals surface area contributed by atoms with Crippen molar-refractivity contribution in [3.8, 4) is 0 Å². The van der Waals surface area contributed by atoms with Gasteiger partial charge in [-0.25, -0.2) is 0 Å². The van der Waals surface area contributed by atoms with Crippen LogP contribution in [0.1, 0.15) is 0 Å². The molecule has 0 unspecified atom stereocenters. The van der Waals surface area contributed by atoms with E-state index < -0.39 is 27.2 Å². The van der Waals surface area contributed by atoms with Gasteiger partial charge in [-0.1, -0.05) is 0 Å². The number of nitrogens with two attached hydrogens (primary N) is 1. The summed E-state index contributed by atoms with van der Waals surface area (Å²) in [6.45, 7) is 0.0963. The number of carbonyl (C=O) groups excluding carboxylic acids is 2. The predicted octanol–water partition coefficient (Wildman–Crippen LogP) is -4.10. The summed E-state index contributed by atoms with van der Waals surface area (Å²) < 4.78 is 0.0904. The standard InChI is InChI=1S/C4H8IN2O2/c1-5-3(8)2-7-4(6)9/h2H2,1H3,(H3,6,7,9)/q-1. The Morgan fingerprint density at radius 2 is 2.22 bits per heavy atom. The van der Waals surface area contributed by atoms with Crippen molar-refractivity contribution < 1.29 is 30.8 Å². The quantitative estimate of drug-likeness (QED) is 0.300. The first-order valence-corrected chi connectivity index (χ1v) is 5.46. The van der Waals surface area contributed by atoms with Gasteiger partial charge in [0.15, 0.2) is 0 Å². The van der Waals surface area contributed by atoms with E-state index in [2.05, 4.69) is 5.32 Å². The van der Waals surface area contributed by atoms with Crippen molar-refractivity contribution >= 4 is 9.82 Å². The summed E-state index contributed by atoms with van der Waals surface area (Å²) in [4.78, 5) is 22.3. The van der Waals surface area contributed by atoms with Gasteiger partial charge in [0.2, 0.25) is 0 Å². The van der Waals surface area contributed by atoms with E-state index in [-0.39, 0.29) is 10.3 Å². The summed E-state index contributed by atoms with van der Waals surface area (Å²) in [5, 5.41) is 2.21. The van der Waals surface area contributed by atoms with Crippen molar-refractivity contribution in [2.24, 2.45) is 5.73 Å². The molecule has 0 aliphatic heterocycles. The van der Waals surface area contributed by atoms with E-state index in [4.69, 9.17) is 5.73 Å². The van der Waals surface area contributed by atoms with Crippen molar-refractivity contribution in [2.75, 3.05) is 11.5 Å². The average Bonchev–Trinajstić information content (AvgIpc) is 1.83. The van der Waals surface area contributed by atoms with E-state index in [0.717, 1.165) is 0 Å². The molecule has 0 aromatic rings. The molecule has 0 rings (SSSR count). The second kappa shape index (κ2) is 4.54. The van der Waals surface area contributed by atoms with Gasteiger partial charge in [-0.3, -0.25) is 0 Å². The van der Waals surface area contributed by atoms with Gasteiger partial charge in [0.25, 0.3) is 0 Å². The first-order chi connectivity index (χ1) is 4.16. The van der Waals surface area contributed by atoms with Crippen LogP contribution < -0.4 is 32.3 Å². The van der Waals surface area contributed by atoms with E-state index in [0.29, 0.717) is 0 Å². The third-order valence-corrected chi connectivity index (χ3v) is 2.20. The summed E-state index contributed by atoms with van der Waals surface area (Å²) in [5.74, 6) is 0. The van der Waals surface area contributed by atoms with Gasteiger partial charge in [0, 0.05) is 0 Å². The van der Waals surface area contributed by atoms with Gasteiger partial charge in [0.05, 0.1) is 0 Å². The molecule has 0 aliphatic rings. The van der Waals surface area contributed by atoms with Crippen molar-refractivity contribution in [1.29, 1.82) is 0 Å². The molecule has 2 amide bonds. The summed E-state index contributed by atoms with van der Waals surface area (Å²) >= 11 is -0.396. The predicted molar refractivity (Wildman–Crippen MR) is 28.5 cm³/mol. The first-order valence-electron chi connectivity index (χ1n) is 2.22. The number of halogens is 1. The molecule has 0 atom stereocenters. The molecule has 9 heavy (non-hydrogen) atoms. The number of carbonyl (C=O) groups is 2. The zero-order valence-corrected chi connectivity index (χ0v) is 7.14. The molecule has 3 N–H and O–H groups in total. The van der Waals surface area contributed by atoms with Crippen LogP contribution in [-0.2, 0) is 4.79 Å². The SMILES string of the molecule is C[I-]C(=O)CNC(N)=O. The number of alkyl halides is 1. The molecule has 0 saturated heterocycles. The maximum absolute atomic E-state index is 10.5. The molecule has 0 bridgehead atoms. The van der Waals surface area contributed by atoms with Crippen LogP contribution >= 0.6 is 0 Å². The summed E-state index contributed by atoms with van der Waals surface area (Å²) in [6.07, 6.45) is 0. The Balaban J connectivity index is 3.28. The van der Waals surface area contributed by atoms with Crippen molar-refractivity contribution in [1.82, 2.24) is 5.32 Å². The number of hydrogen-bond acceptors (Lipinski definition) is 2. The van der Waals surface area contributed by atoms with Crippen molar-refractivity contribution in [3.63, 3.8) is 0 Å². The topological polar surface area (TPSA) is 72.2 Å². The van der Waals surface area contributed by atoms with Crippen molar-refractivity contribution in [2.45, 2.75) is 0 Å². The third kappa shape index (κ3) is 5.54. The summed E-state index contributed by atoms with van der Waals surface area (Å²) in [5.41, 5.74) is 4.71. The fourth-order valence-corrected chi connectivity index (χ4v) is 0.796. The number of rotatable bonds is 3. The number of amides is 2. The van der Waals surface area contributed by atoms with Crippen LogP contribution in [0.3, 0.4) is 0 Å². The zero-order chi connectivity index (χ0) is 7.28. The fourth-order valence-electron chi connectivity index (χ4n) is 0.223. The Labute approximate surface area is 63.4 Å². The van der Waals surface area contributed by atoms with Gasteiger partial charge >= 0.3 is 63.1 Å². The molecule has 0 spiro atoms. The minimum absolute atomic E-state index is 0.0904. The molecular weight excluding hydrogens is 235 g/mol. The van der Waals surface area contributed by atoms with E-state index in [9.17, 15) is 9.59 Å². The Bertz CT molecular complexity index is 126. The van der Waals surface area contributed by atoms with E-state index in [1.165, 1.54) is 0 Å².